The number of ether oxygens (including phenoxy) is 1. The van der Waals surface area contributed by atoms with Crippen LogP contribution in [0.25, 0.3) is 11.1 Å². The number of hydrogen-bond acceptors (Lipinski definition) is 2. The Morgan fingerprint density at radius 1 is 1.11 bits per heavy atom. The number of benzene rings is 2. The van der Waals surface area contributed by atoms with Crippen LogP contribution >= 0.6 is 0 Å². The zero-order valence-electron chi connectivity index (χ0n) is 10.3. The third kappa shape index (κ3) is 1.61. The van der Waals surface area contributed by atoms with Gasteiger partial charge in [-0.05, 0) is 34.4 Å². The van der Waals surface area contributed by atoms with Gasteiger partial charge in [0.2, 0.25) is 0 Å². The Labute approximate surface area is 107 Å². The van der Waals surface area contributed by atoms with Gasteiger partial charge in [-0.15, -0.1) is 0 Å². The first-order valence-electron chi connectivity index (χ1n) is 5.75. The lowest BCUT2D eigenvalue weighted by Gasteiger charge is -2.31. The van der Waals surface area contributed by atoms with Crippen LogP contribution < -0.4 is 9.46 Å². The fraction of sp³-hybridized carbons (Fsp3) is 0.143. The lowest BCUT2D eigenvalue weighted by atomic mass is 10.0. The lowest BCUT2D eigenvalue weighted by Crippen LogP contribution is -2.25. The molecular weight excluding hydrogens is 246 g/mol. The first-order chi connectivity index (χ1) is 8.62. The first-order valence-corrected chi connectivity index (χ1v) is 7.91. The number of thiol groups is 1. The van der Waals surface area contributed by atoms with Crippen molar-refractivity contribution in [2.75, 3.05) is 18.1 Å². The highest BCUT2D eigenvalue weighted by Crippen LogP contribution is 2.42. The lowest BCUT2D eigenvalue weighted by molar-refractivity contribution is 0.414. The fourth-order valence-corrected chi connectivity index (χ4v) is 4.11. The monoisotopic (exact) mass is 261 g/mol. The van der Waals surface area contributed by atoms with Gasteiger partial charge in [0.25, 0.3) is 0 Å². The van der Waals surface area contributed by atoms with E-state index in [2.05, 4.69) is 4.72 Å². The molecule has 94 valence electrons. The van der Waals surface area contributed by atoms with Gasteiger partial charge in [-0.25, -0.2) is 0 Å². The normalized spacial score (nSPS) is 17.0. The van der Waals surface area contributed by atoms with Crippen molar-refractivity contribution in [1.29, 1.82) is 0 Å². The van der Waals surface area contributed by atoms with Gasteiger partial charge in [0.15, 0.2) is 0 Å². The Morgan fingerprint density at radius 3 is 2.67 bits per heavy atom. The van der Waals surface area contributed by atoms with Gasteiger partial charge in [-0.2, -0.15) is 0 Å². The molecule has 0 aromatic heterocycles. The minimum Gasteiger partial charge on any atom is -0.497 e. The van der Waals surface area contributed by atoms with Crippen LogP contribution in [0.15, 0.2) is 47.4 Å². The molecule has 0 saturated carbocycles. The minimum absolute atomic E-state index is 0.783. The maximum absolute atomic E-state index is 12.7. The van der Waals surface area contributed by atoms with E-state index in [1.165, 1.54) is 0 Å². The molecule has 1 aliphatic heterocycles. The van der Waals surface area contributed by atoms with Crippen molar-refractivity contribution in [2.45, 2.75) is 4.90 Å². The van der Waals surface area contributed by atoms with Crippen molar-refractivity contribution in [3.05, 3.63) is 42.5 Å². The molecule has 0 saturated heterocycles. The summed E-state index contributed by atoms with van der Waals surface area (Å²) in [5.41, 5.74) is 2.98. The summed E-state index contributed by atoms with van der Waals surface area (Å²) in [7, 11) is -0.906. The number of nitrogens with one attached hydrogen (secondary N) is 1. The highest BCUT2D eigenvalue weighted by molar-refractivity contribution is 8.03. The summed E-state index contributed by atoms with van der Waals surface area (Å²) in [6, 6.07) is 13.6. The van der Waals surface area contributed by atoms with Gasteiger partial charge in [0, 0.05) is 22.3 Å². The summed E-state index contributed by atoms with van der Waals surface area (Å²) in [5, 5.41) is 0. The molecule has 3 nitrogen and oxygen atoms in total. The van der Waals surface area contributed by atoms with E-state index < -0.39 is 10.1 Å². The number of para-hydroxylation sites is 1. The molecular formula is C14H15NO2S. The summed E-state index contributed by atoms with van der Waals surface area (Å²) in [6.07, 6.45) is 1.76. The molecule has 3 rings (SSSR count). The number of methoxy groups -OCH3 is 1. The van der Waals surface area contributed by atoms with Crippen LogP contribution in [0.3, 0.4) is 0 Å². The van der Waals surface area contributed by atoms with E-state index in [0.717, 1.165) is 27.5 Å². The largest absolute Gasteiger partial charge is 0.497 e. The van der Waals surface area contributed by atoms with Crippen LogP contribution in [0.1, 0.15) is 0 Å². The quantitative estimate of drug-likeness (QED) is 0.775. The van der Waals surface area contributed by atoms with Crippen LogP contribution in [-0.4, -0.2) is 17.6 Å². The second-order valence-electron chi connectivity index (χ2n) is 4.46. The Kier molecular flexibility index (Phi) is 2.41. The van der Waals surface area contributed by atoms with E-state index in [1.807, 2.05) is 42.5 Å². The molecule has 2 aromatic rings. The van der Waals surface area contributed by atoms with E-state index >= 15 is 0 Å². The summed E-state index contributed by atoms with van der Waals surface area (Å²) >= 11 is 0. The van der Waals surface area contributed by atoms with Crippen LogP contribution in [0, 0.1) is 0 Å². The molecule has 2 aromatic carbocycles. The summed E-state index contributed by atoms with van der Waals surface area (Å²) < 4.78 is 21.1. The van der Waals surface area contributed by atoms with Crippen LogP contribution in [0.5, 0.6) is 5.75 Å². The Morgan fingerprint density at radius 2 is 1.89 bits per heavy atom. The molecule has 0 fully saturated rings. The maximum atomic E-state index is 12.7. The van der Waals surface area contributed by atoms with Crippen LogP contribution in [-0.2, 0) is 10.1 Å². The minimum atomic E-state index is -2.54. The summed E-state index contributed by atoms with van der Waals surface area (Å²) in [6.45, 7) is 0. The molecule has 1 heterocycles. The predicted octanol–water partition coefficient (Wildman–Crippen LogP) is 2.71. The van der Waals surface area contributed by atoms with Crippen molar-refractivity contribution >= 4 is 15.8 Å². The standard InChI is InChI=1S/C14H15NO2S/c1-17-10-7-8-14-12(9-10)11-5-3-4-6-13(11)15-18(14,2)16/h3-9,18H,1-2H3,(H,15,16). The topological polar surface area (TPSA) is 38.3 Å². The zero-order valence-corrected chi connectivity index (χ0v) is 11.2. The molecule has 0 bridgehead atoms. The highest BCUT2D eigenvalue weighted by atomic mass is 32.3. The smallest absolute Gasteiger partial charge is 0.119 e. The molecule has 0 aliphatic carbocycles. The van der Waals surface area contributed by atoms with Gasteiger partial charge in [-0.1, -0.05) is 18.2 Å². The molecule has 1 aliphatic rings. The van der Waals surface area contributed by atoms with Crippen molar-refractivity contribution < 1.29 is 8.95 Å². The third-order valence-electron chi connectivity index (χ3n) is 3.21. The van der Waals surface area contributed by atoms with Gasteiger partial charge >= 0.3 is 0 Å². The first kappa shape index (κ1) is 11.3. The van der Waals surface area contributed by atoms with Crippen molar-refractivity contribution in [3.63, 3.8) is 0 Å². The fourth-order valence-electron chi connectivity index (χ4n) is 2.34. The van der Waals surface area contributed by atoms with E-state index in [4.69, 9.17) is 4.74 Å². The summed E-state index contributed by atoms with van der Waals surface area (Å²) in [4.78, 5) is 0.863. The van der Waals surface area contributed by atoms with Gasteiger partial charge in [0.1, 0.15) is 5.75 Å². The van der Waals surface area contributed by atoms with E-state index in [-0.39, 0.29) is 0 Å². The van der Waals surface area contributed by atoms with Crippen molar-refractivity contribution in [1.82, 2.24) is 0 Å². The molecule has 0 atom stereocenters. The molecule has 1 N–H and O–H groups in total. The number of rotatable bonds is 1. The number of fused-ring (bicyclic) bond motifs is 3. The summed E-state index contributed by atoms with van der Waals surface area (Å²) in [5.74, 6) is 0.783. The van der Waals surface area contributed by atoms with E-state index in [1.54, 1.807) is 13.4 Å². The average Bonchev–Trinajstić information content (AvgIpc) is 2.37. The van der Waals surface area contributed by atoms with Crippen molar-refractivity contribution in [2.24, 2.45) is 0 Å². The second kappa shape index (κ2) is 3.85. The van der Waals surface area contributed by atoms with Crippen LogP contribution in [0.2, 0.25) is 0 Å². The van der Waals surface area contributed by atoms with Crippen molar-refractivity contribution in [3.8, 4) is 16.9 Å². The average molecular weight is 261 g/mol. The van der Waals surface area contributed by atoms with Gasteiger partial charge < -0.3 is 9.46 Å². The number of hydrogen-bond donors (Lipinski definition) is 2. The zero-order chi connectivity index (χ0) is 12.8. The molecule has 0 amide bonds. The maximum Gasteiger partial charge on any atom is 0.119 e. The Hall–Kier alpha value is -1.81. The molecule has 0 unspecified atom stereocenters. The Balaban J connectivity index is 2.33. The molecule has 18 heavy (non-hydrogen) atoms. The molecule has 0 radical (unpaired) electrons. The van der Waals surface area contributed by atoms with E-state index in [9.17, 15) is 4.21 Å². The molecule has 0 spiro atoms. The highest BCUT2D eigenvalue weighted by Gasteiger charge is 2.24. The number of anilines is 1. The Bertz CT molecular complexity index is 667. The van der Waals surface area contributed by atoms with Crippen LogP contribution in [0.4, 0.5) is 5.69 Å². The predicted molar refractivity (Wildman–Crippen MR) is 75.8 cm³/mol. The SMILES string of the molecule is COc1ccc2c(c1)-c1ccccc1N[SH]2(C)=O. The van der Waals surface area contributed by atoms with Gasteiger partial charge in [0.05, 0.1) is 12.8 Å². The molecule has 4 heteroatoms. The van der Waals surface area contributed by atoms with Gasteiger partial charge in [-0.3, -0.25) is 4.21 Å². The van der Waals surface area contributed by atoms with E-state index in [0.29, 0.717) is 0 Å². The second-order valence-corrected chi connectivity index (χ2v) is 7.02. The third-order valence-corrected chi connectivity index (χ3v) is 5.19.